The normalized spacial score (nSPS) is 11.8. The van der Waals surface area contributed by atoms with Crippen molar-refractivity contribution in [2.45, 2.75) is 19.8 Å². The van der Waals surface area contributed by atoms with Crippen LogP contribution in [0.4, 0.5) is 0 Å². The molecule has 0 bridgehead atoms. The standard InChI is InChI=1S/C23H18N2S/c1-14(2)23-24-19-12-5-3-9-17(19)21(25-23)18-11-7-10-16-15-8-4-6-13-20(15)26-22(16)18/h3-14H,1-2H3. The molecule has 5 rings (SSSR count). The summed E-state index contributed by atoms with van der Waals surface area (Å²) in [5.74, 6) is 1.19. The van der Waals surface area contributed by atoms with Gasteiger partial charge in [-0.05, 0) is 12.1 Å². The molecule has 126 valence electrons. The van der Waals surface area contributed by atoms with Crippen LogP contribution in [0.2, 0.25) is 0 Å². The Balaban J connectivity index is 1.91. The van der Waals surface area contributed by atoms with E-state index in [0.717, 1.165) is 22.4 Å². The van der Waals surface area contributed by atoms with Crippen LogP contribution in [-0.2, 0) is 0 Å². The molecule has 2 heterocycles. The minimum absolute atomic E-state index is 0.292. The van der Waals surface area contributed by atoms with Crippen LogP contribution in [0, 0.1) is 0 Å². The van der Waals surface area contributed by atoms with Crippen LogP contribution in [0.1, 0.15) is 25.6 Å². The molecule has 0 aliphatic rings. The maximum Gasteiger partial charge on any atom is 0.132 e. The van der Waals surface area contributed by atoms with Crippen molar-refractivity contribution in [1.82, 2.24) is 9.97 Å². The van der Waals surface area contributed by atoms with Crippen LogP contribution in [-0.4, -0.2) is 9.97 Å². The van der Waals surface area contributed by atoms with Gasteiger partial charge in [0.2, 0.25) is 0 Å². The van der Waals surface area contributed by atoms with Gasteiger partial charge >= 0.3 is 0 Å². The first-order valence-corrected chi connectivity index (χ1v) is 9.71. The molecule has 0 unspecified atom stereocenters. The van der Waals surface area contributed by atoms with Gasteiger partial charge in [-0.3, -0.25) is 0 Å². The predicted octanol–water partition coefficient (Wildman–Crippen LogP) is 6.79. The van der Waals surface area contributed by atoms with Crippen LogP contribution in [0.15, 0.2) is 66.7 Å². The third kappa shape index (κ3) is 2.31. The quantitative estimate of drug-likeness (QED) is 0.349. The number of rotatable bonds is 2. The second-order valence-corrected chi connectivity index (χ2v) is 7.93. The molecule has 0 aliphatic carbocycles. The maximum atomic E-state index is 4.99. The van der Waals surface area contributed by atoms with Gasteiger partial charge in [0, 0.05) is 37.0 Å². The van der Waals surface area contributed by atoms with E-state index < -0.39 is 0 Å². The third-order valence-corrected chi connectivity index (χ3v) is 6.02. The lowest BCUT2D eigenvalue weighted by Gasteiger charge is -2.11. The average Bonchev–Trinajstić information content (AvgIpc) is 3.06. The molecular weight excluding hydrogens is 336 g/mol. The minimum atomic E-state index is 0.292. The highest BCUT2D eigenvalue weighted by molar-refractivity contribution is 7.26. The lowest BCUT2D eigenvalue weighted by Crippen LogP contribution is -2.00. The minimum Gasteiger partial charge on any atom is -0.233 e. The predicted molar refractivity (Wildman–Crippen MR) is 112 cm³/mol. The van der Waals surface area contributed by atoms with Gasteiger partial charge in [-0.1, -0.05) is 68.4 Å². The Morgan fingerprint density at radius 2 is 1.46 bits per heavy atom. The first kappa shape index (κ1) is 15.5. The number of aromatic nitrogens is 2. The number of thiophene rings is 1. The molecule has 0 aliphatic heterocycles. The van der Waals surface area contributed by atoms with Crippen LogP contribution >= 0.6 is 11.3 Å². The first-order chi connectivity index (χ1) is 12.7. The summed E-state index contributed by atoms with van der Waals surface area (Å²) in [6, 6.07) is 23.5. The van der Waals surface area contributed by atoms with E-state index in [9.17, 15) is 0 Å². The molecule has 2 nitrogen and oxygen atoms in total. The average molecular weight is 354 g/mol. The van der Waals surface area contributed by atoms with Crippen LogP contribution in [0.3, 0.4) is 0 Å². The molecule has 26 heavy (non-hydrogen) atoms. The van der Waals surface area contributed by atoms with E-state index in [2.05, 4.69) is 74.5 Å². The molecule has 3 aromatic carbocycles. The van der Waals surface area contributed by atoms with Crippen molar-refractivity contribution in [1.29, 1.82) is 0 Å². The highest BCUT2D eigenvalue weighted by Gasteiger charge is 2.16. The number of para-hydroxylation sites is 1. The number of benzene rings is 3. The summed E-state index contributed by atoms with van der Waals surface area (Å²) in [6.45, 7) is 4.29. The van der Waals surface area contributed by atoms with Crippen LogP contribution < -0.4 is 0 Å². The summed E-state index contributed by atoms with van der Waals surface area (Å²) in [5, 5.41) is 3.73. The summed E-state index contributed by atoms with van der Waals surface area (Å²) < 4.78 is 2.62. The Labute approximate surface area is 156 Å². The molecule has 3 heteroatoms. The molecule has 0 spiro atoms. The molecule has 0 N–H and O–H groups in total. The van der Waals surface area contributed by atoms with E-state index in [1.54, 1.807) is 0 Å². The van der Waals surface area contributed by atoms with E-state index in [0.29, 0.717) is 5.92 Å². The summed E-state index contributed by atoms with van der Waals surface area (Å²) >= 11 is 1.85. The smallest absolute Gasteiger partial charge is 0.132 e. The van der Waals surface area contributed by atoms with Gasteiger partial charge in [-0.25, -0.2) is 9.97 Å². The van der Waals surface area contributed by atoms with E-state index >= 15 is 0 Å². The Kier molecular flexibility index (Phi) is 3.50. The van der Waals surface area contributed by atoms with E-state index in [4.69, 9.17) is 9.97 Å². The topological polar surface area (TPSA) is 25.8 Å². The van der Waals surface area contributed by atoms with Gasteiger partial charge in [0.1, 0.15) is 5.82 Å². The Morgan fingerprint density at radius 1 is 0.731 bits per heavy atom. The fourth-order valence-electron chi connectivity index (χ4n) is 3.49. The Bertz CT molecular complexity index is 1270. The van der Waals surface area contributed by atoms with Crippen molar-refractivity contribution >= 4 is 42.4 Å². The van der Waals surface area contributed by atoms with Gasteiger partial charge in [0.25, 0.3) is 0 Å². The van der Waals surface area contributed by atoms with Crippen molar-refractivity contribution in [2.24, 2.45) is 0 Å². The first-order valence-electron chi connectivity index (χ1n) is 8.89. The van der Waals surface area contributed by atoms with Gasteiger partial charge in [-0.2, -0.15) is 0 Å². The van der Waals surface area contributed by atoms with Crippen molar-refractivity contribution in [3.8, 4) is 11.3 Å². The second kappa shape index (κ2) is 5.89. The molecule has 0 atom stereocenters. The lowest BCUT2D eigenvalue weighted by atomic mass is 10.0. The van der Waals surface area contributed by atoms with Gasteiger partial charge in [0.15, 0.2) is 0 Å². The fraction of sp³-hybridized carbons (Fsp3) is 0.130. The Hall–Kier alpha value is -2.78. The Morgan fingerprint density at radius 3 is 2.31 bits per heavy atom. The van der Waals surface area contributed by atoms with E-state index in [-0.39, 0.29) is 0 Å². The molecule has 2 aromatic heterocycles. The van der Waals surface area contributed by atoms with Crippen molar-refractivity contribution in [3.63, 3.8) is 0 Å². The van der Waals surface area contributed by atoms with Gasteiger partial charge in [-0.15, -0.1) is 11.3 Å². The van der Waals surface area contributed by atoms with Crippen molar-refractivity contribution in [2.75, 3.05) is 0 Å². The molecule has 0 amide bonds. The van der Waals surface area contributed by atoms with E-state index in [1.165, 1.54) is 25.7 Å². The highest BCUT2D eigenvalue weighted by atomic mass is 32.1. The molecule has 0 fully saturated rings. The lowest BCUT2D eigenvalue weighted by molar-refractivity contribution is 0.785. The second-order valence-electron chi connectivity index (χ2n) is 6.88. The number of hydrogen-bond donors (Lipinski definition) is 0. The highest BCUT2D eigenvalue weighted by Crippen LogP contribution is 2.40. The van der Waals surface area contributed by atoms with E-state index in [1.807, 2.05) is 17.4 Å². The summed E-state index contributed by atoms with van der Waals surface area (Å²) in [7, 11) is 0. The number of hydrogen-bond acceptors (Lipinski definition) is 3. The number of fused-ring (bicyclic) bond motifs is 4. The van der Waals surface area contributed by atoms with Crippen LogP contribution in [0.5, 0.6) is 0 Å². The zero-order valence-electron chi connectivity index (χ0n) is 14.7. The monoisotopic (exact) mass is 354 g/mol. The van der Waals surface area contributed by atoms with Gasteiger partial charge < -0.3 is 0 Å². The molecular formula is C23H18N2S. The SMILES string of the molecule is CC(C)c1nc(-c2cccc3c2sc2ccccc23)c2ccccc2n1. The largest absolute Gasteiger partial charge is 0.233 e. The van der Waals surface area contributed by atoms with Crippen molar-refractivity contribution in [3.05, 3.63) is 72.6 Å². The fourth-order valence-corrected chi connectivity index (χ4v) is 4.71. The van der Waals surface area contributed by atoms with Gasteiger partial charge in [0.05, 0.1) is 11.2 Å². The van der Waals surface area contributed by atoms with Crippen molar-refractivity contribution < 1.29 is 0 Å². The molecule has 5 aromatic rings. The molecule has 0 radical (unpaired) electrons. The summed E-state index contributed by atoms with van der Waals surface area (Å²) in [6.07, 6.45) is 0. The molecule has 0 saturated carbocycles. The summed E-state index contributed by atoms with van der Waals surface area (Å²) in [5.41, 5.74) is 3.25. The maximum absolute atomic E-state index is 4.99. The zero-order valence-corrected chi connectivity index (χ0v) is 15.5. The number of nitrogens with zero attached hydrogens (tertiary/aromatic N) is 2. The third-order valence-electron chi connectivity index (χ3n) is 4.80. The zero-order chi connectivity index (χ0) is 17.7. The molecule has 0 saturated heterocycles. The van der Waals surface area contributed by atoms with Crippen LogP contribution in [0.25, 0.3) is 42.3 Å². The summed E-state index contributed by atoms with van der Waals surface area (Å²) in [4.78, 5) is 9.76.